The molecule has 20 heavy (non-hydrogen) atoms. The highest BCUT2D eigenvalue weighted by molar-refractivity contribution is 6.04. The monoisotopic (exact) mass is 274 g/mol. The fourth-order valence-electron chi connectivity index (χ4n) is 2.74. The molecule has 0 bridgehead atoms. The molecular formula is C14H18N4O2. The number of likely N-dealkylation sites (N-methyl/N-ethyl adjacent to an activating group) is 1. The predicted molar refractivity (Wildman–Crippen MR) is 75.5 cm³/mol. The topological polar surface area (TPSA) is 70.4 Å². The molecule has 0 radical (unpaired) electrons. The number of nitrogens with zero attached hydrogens (tertiary/aromatic N) is 3. The number of rotatable bonds is 2. The third-order valence-corrected chi connectivity index (χ3v) is 3.93. The van der Waals surface area contributed by atoms with Crippen molar-refractivity contribution in [3.05, 3.63) is 30.0 Å². The Morgan fingerprint density at radius 2 is 2.20 bits per heavy atom. The van der Waals surface area contributed by atoms with E-state index in [1.165, 1.54) is 0 Å². The molecule has 2 heterocycles. The molecule has 1 aromatic carbocycles. The zero-order valence-electron chi connectivity index (χ0n) is 11.6. The molecule has 2 aromatic rings. The van der Waals surface area contributed by atoms with Gasteiger partial charge in [0.25, 0.3) is 5.91 Å². The van der Waals surface area contributed by atoms with Crippen LogP contribution in [-0.4, -0.2) is 58.0 Å². The van der Waals surface area contributed by atoms with Crippen molar-refractivity contribution in [3.8, 4) is 0 Å². The van der Waals surface area contributed by atoms with Crippen LogP contribution in [0.5, 0.6) is 0 Å². The second-order valence-electron chi connectivity index (χ2n) is 5.20. The van der Waals surface area contributed by atoms with Gasteiger partial charge in [-0.1, -0.05) is 18.2 Å². The van der Waals surface area contributed by atoms with Gasteiger partial charge in [-0.25, -0.2) is 0 Å². The summed E-state index contributed by atoms with van der Waals surface area (Å²) < 4.78 is 1.71. The quantitative estimate of drug-likeness (QED) is 0.807. The Kier molecular flexibility index (Phi) is 3.19. The van der Waals surface area contributed by atoms with E-state index < -0.39 is 6.10 Å². The van der Waals surface area contributed by atoms with Crippen molar-refractivity contribution < 1.29 is 9.90 Å². The number of amides is 1. The summed E-state index contributed by atoms with van der Waals surface area (Å²) in [5.41, 5.74) is 1.36. The first kappa shape index (κ1) is 13.1. The molecule has 0 spiro atoms. The molecule has 1 aliphatic heterocycles. The van der Waals surface area contributed by atoms with Gasteiger partial charge < -0.3 is 15.3 Å². The van der Waals surface area contributed by atoms with E-state index in [2.05, 4.69) is 10.4 Å². The highest BCUT2D eigenvalue weighted by Gasteiger charge is 2.33. The number of nitrogens with one attached hydrogen (secondary N) is 1. The zero-order valence-corrected chi connectivity index (χ0v) is 11.6. The lowest BCUT2D eigenvalue weighted by Crippen LogP contribution is -2.44. The molecule has 2 atom stereocenters. The molecule has 0 aliphatic carbocycles. The van der Waals surface area contributed by atoms with Gasteiger partial charge in [-0.2, -0.15) is 5.10 Å². The number of carbonyl (C=O) groups excluding carboxylic acids is 1. The maximum absolute atomic E-state index is 12.6. The van der Waals surface area contributed by atoms with Crippen LogP contribution in [0.3, 0.4) is 0 Å². The summed E-state index contributed by atoms with van der Waals surface area (Å²) in [5, 5.41) is 18.1. The number of hydrogen-bond donors (Lipinski definition) is 2. The molecule has 1 amide bonds. The molecule has 6 nitrogen and oxygen atoms in total. The minimum Gasteiger partial charge on any atom is -0.390 e. The summed E-state index contributed by atoms with van der Waals surface area (Å²) >= 11 is 0. The average molecular weight is 274 g/mol. The summed E-state index contributed by atoms with van der Waals surface area (Å²) in [4.78, 5) is 14.2. The average Bonchev–Trinajstić information content (AvgIpc) is 3.02. The predicted octanol–water partition coefficient (Wildman–Crippen LogP) is -0.0220. The Bertz CT molecular complexity index is 652. The van der Waals surface area contributed by atoms with E-state index >= 15 is 0 Å². The molecule has 0 unspecified atom stereocenters. The standard InChI is InChI=1S/C14H18N4O2/c1-17(11-7-15-8-12(11)19)14(20)13-9-5-3-4-6-10(9)18(2)16-13/h3-6,11-12,15,19H,7-8H2,1-2H3/t11-,12-/m0/s1. The SMILES string of the molecule is CN(C(=O)c1nn(C)c2ccccc12)[C@H]1CNC[C@@H]1O. The third kappa shape index (κ3) is 1.97. The van der Waals surface area contributed by atoms with Crippen molar-refractivity contribution in [1.29, 1.82) is 0 Å². The Balaban J connectivity index is 1.96. The van der Waals surface area contributed by atoms with E-state index in [4.69, 9.17) is 0 Å². The lowest BCUT2D eigenvalue weighted by atomic mass is 10.1. The van der Waals surface area contributed by atoms with Crippen LogP contribution in [0.1, 0.15) is 10.5 Å². The summed E-state index contributed by atoms with van der Waals surface area (Å²) in [6.45, 7) is 1.12. The fourth-order valence-corrected chi connectivity index (χ4v) is 2.74. The van der Waals surface area contributed by atoms with Gasteiger partial charge in [0.05, 0.1) is 17.7 Å². The van der Waals surface area contributed by atoms with Crippen molar-refractivity contribution in [3.63, 3.8) is 0 Å². The third-order valence-electron chi connectivity index (χ3n) is 3.93. The number of aromatic nitrogens is 2. The van der Waals surface area contributed by atoms with E-state index in [1.807, 2.05) is 31.3 Å². The maximum Gasteiger partial charge on any atom is 0.275 e. The van der Waals surface area contributed by atoms with Gasteiger partial charge in [-0.15, -0.1) is 0 Å². The largest absolute Gasteiger partial charge is 0.390 e. The first-order chi connectivity index (χ1) is 9.59. The van der Waals surface area contributed by atoms with Crippen LogP contribution < -0.4 is 5.32 Å². The molecular weight excluding hydrogens is 256 g/mol. The van der Waals surface area contributed by atoms with Gasteiger partial charge in [-0.3, -0.25) is 9.48 Å². The Morgan fingerprint density at radius 3 is 2.90 bits per heavy atom. The lowest BCUT2D eigenvalue weighted by Gasteiger charge is -2.25. The van der Waals surface area contributed by atoms with Crippen LogP contribution in [-0.2, 0) is 7.05 Å². The Morgan fingerprint density at radius 1 is 1.45 bits per heavy atom. The number of benzene rings is 1. The van der Waals surface area contributed by atoms with Crippen molar-refractivity contribution in [1.82, 2.24) is 20.0 Å². The minimum atomic E-state index is -0.529. The molecule has 1 fully saturated rings. The first-order valence-corrected chi connectivity index (χ1v) is 6.67. The summed E-state index contributed by atoms with van der Waals surface area (Å²) in [6, 6.07) is 7.44. The number of β-amino-alcohol motifs (C(OH)–C–C–N with tert-alkyl or cyclic N) is 1. The number of aliphatic hydroxyl groups is 1. The molecule has 2 N–H and O–H groups in total. The second-order valence-corrected chi connectivity index (χ2v) is 5.20. The van der Waals surface area contributed by atoms with Crippen LogP contribution in [0, 0.1) is 0 Å². The van der Waals surface area contributed by atoms with Gasteiger partial charge in [0, 0.05) is 32.6 Å². The molecule has 1 aromatic heterocycles. The van der Waals surface area contributed by atoms with Crippen LogP contribution >= 0.6 is 0 Å². The maximum atomic E-state index is 12.6. The summed E-state index contributed by atoms with van der Waals surface area (Å²) in [5.74, 6) is -0.158. The van der Waals surface area contributed by atoms with Crippen molar-refractivity contribution >= 4 is 16.8 Å². The number of hydrogen-bond acceptors (Lipinski definition) is 4. The van der Waals surface area contributed by atoms with Crippen LogP contribution in [0.25, 0.3) is 10.9 Å². The van der Waals surface area contributed by atoms with Crippen molar-refractivity contribution in [2.45, 2.75) is 12.1 Å². The number of carbonyl (C=O) groups is 1. The molecule has 1 saturated heterocycles. The van der Waals surface area contributed by atoms with E-state index in [1.54, 1.807) is 16.6 Å². The lowest BCUT2D eigenvalue weighted by molar-refractivity contribution is 0.0577. The highest BCUT2D eigenvalue weighted by Crippen LogP contribution is 2.20. The van der Waals surface area contributed by atoms with E-state index in [9.17, 15) is 9.90 Å². The van der Waals surface area contributed by atoms with E-state index in [0.29, 0.717) is 18.8 Å². The van der Waals surface area contributed by atoms with E-state index in [-0.39, 0.29) is 11.9 Å². The van der Waals surface area contributed by atoms with E-state index in [0.717, 1.165) is 10.9 Å². The molecule has 1 aliphatic rings. The van der Waals surface area contributed by atoms with Crippen LogP contribution in [0.15, 0.2) is 24.3 Å². The van der Waals surface area contributed by atoms with Gasteiger partial charge in [0.15, 0.2) is 5.69 Å². The Hall–Kier alpha value is -1.92. The van der Waals surface area contributed by atoms with Gasteiger partial charge in [0.1, 0.15) is 0 Å². The van der Waals surface area contributed by atoms with Crippen LogP contribution in [0.2, 0.25) is 0 Å². The molecule has 6 heteroatoms. The van der Waals surface area contributed by atoms with Crippen molar-refractivity contribution in [2.75, 3.05) is 20.1 Å². The van der Waals surface area contributed by atoms with Gasteiger partial charge in [-0.05, 0) is 6.07 Å². The number of aryl methyl sites for hydroxylation is 1. The molecule has 106 valence electrons. The minimum absolute atomic E-state index is 0.158. The smallest absolute Gasteiger partial charge is 0.275 e. The zero-order chi connectivity index (χ0) is 14.3. The van der Waals surface area contributed by atoms with Gasteiger partial charge in [0.2, 0.25) is 0 Å². The van der Waals surface area contributed by atoms with Crippen LogP contribution in [0.4, 0.5) is 0 Å². The normalized spacial score (nSPS) is 22.4. The number of aliphatic hydroxyl groups excluding tert-OH is 1. The summed E-state index contributed by atoms with van der Waals surface area (Å²) in [7, 11) is 3.54. The van der Waals surface area contributed by atoms with Gasteiger partial charge >= 0.3 is 0 Å². The molecule has 0 saturated carbocycles. The number of fused-ring (bicyclic) bond motifs is 1. The summed E-state index contributed by atoms with van der Waals surface area (Å²) in [6.07, 6.45) is -0.529. The second kappa shape index (κ2) is 4.88. The first-order valence-electron chi connectivity index (χ1n) is 6.67. The fraction of sp³-hybridized carbons (Fsp3) is 0.429. The Labute approximate surface area is 117 Å². The van der Waals surface area contributed by atoms with Crippen molar-refractivity contribution in [2.24, 2.45) is 7.05 Å². The number of para-hydroxylation sites is 1. The highest BCUT2D eigenvalue weighted by atomic mass is 16.3. The molecule has 3 rings (SSSR count).